The lowest BCUT2D eigenvalue weighted by molar-refractivity contribution is -0.138. The number of amides is 3. The fourth-order valence-corrected chi connectivity index (χ4v) is 1.82. The largest absolute Gasteiger partial charge is 0.347 e. The summed E-state index contributed by atoms with van der Waals surface area (Å²) >= 11 is 0. The lowest BCUT2D eigenvalue weighted by atomic mass is 10.0. The molecular formula is C22H46N4O4. The van der Waals surface area contributed by atoms with E-state index in [2.05, 4.69) is 43.6 Å². The van der Waals surface area contributed by atoms with Crippen LogP contribution in [0.25, 0.3) is 0 Å². The van der Waals surface area contributed by atoms with Gasteiger partial charge in [-0.25, -0.2) is 0 Å². The van der Waals surface area contributed by atoms with Gasteiger partial charge in [0.25, 0.3) is 5.91 Å². The minimum atomic E-state index is -0.768. The topological polar surface area (TPSA) is 130 Å². The Labute approximate surface area is 183 Å². The molecule has 1 rings (SSSR count). The second-order valence-electron chi connectivity index (χ2n) is 7.26. The van der Waals surface area contributed by atoms with Crippen molar-refractivity contribution in [2.75, 3.05) is 13.1 Å². The predicted molar refractivity (Wildman–Crippen MR) is 123 cm³/mol. The maximum atomic E-state index is 12.0. The molecule has 0 aromatic rings. The predicted octanol–water partition coefficient (Wildman–Crippen LogP) is 2.30. The standard InChI is InChI=1S/C14H24N4O4.2C3H8.C2H6/c1-8(2)5-10(18-12(20)6-15)13(21)16-7-11(19)14(22)17-9-3-4-9;2*1-3-2;1-2/h8-10H,3-7,15H2,1-2H3,(H,16,21)(H,17,22)(H,18,20);2*3H2,1-2H3;1-2H3. The van der Waals surface area contributed by atoms with Crippen LogP contribution in [0.2, 0.25) is 0 Å². The Bertz CT molecular complexity index is 476. The van der Waals surface area contributed by atoms with E-state index in [1.54, 1.807) is 0 Å². The average molecular weight is 431 g/mol. The fraction of sp³-hybridized carbons (Fsp3) is 0.818. The minimum absolute atomic E-state index is 0.0877. The van der Waals surface area contributed by atoms with Crippen LogP contribution in [-0.2, 0) is 19.2 Å². The lowest BCUT2D eigenvalue weighted by Gasteiger charge is -2.19. The van der Waals surface area contributed by atoms with Gasteiger partial charge in [-0.05, 0) is 25.2 Å². The van der Waals surface area contributed by atoms with Gasteiger partial charge in [-0.15, -0.1) is 0 Å². The highest BCUT2D eigenvalue weighted by molar-refractivity contribution is 6.37. The number of carbonyl (C=O) groups is 4. The Hall–Kier alpha value is -1.96. The van der Waals surface area contributed by atoms with Crippen LogP contribution in [0, 0.1) is 5.92 Å². The van der Waals surface area contributed by atoms with E-state index in [0.29, 0.717) is 6.42 Å². The van der Waals surface area contributed by atoms with Crippen molar-refractivity contribution in [3.8, 4) is 0 Å². The first-order valence-electron chi connectivity index (χ1n) is 11.3. The van der Waals surface area contributed by atoms with E-state index in [4.69, 9.17) is 5.73 Å². The van der Waals surface area contributed by atoms with E-state index in [9.17, 15) is 19.2 Å². The van der Waals surface area contributed by atoms with Crippen molar-refractivity contribution in [3.05, 3.63) is 0 Å². The number of hydrogen-bond acceptors (Lipinski definition) is 5. The van der Waals surface area contributed by atoms with Crippen molar-refractivity contribution in [1.29, 1.82) is 0 Å². The van der Waals surface area contributed by atoms with Crippen LogP contribution in [0.4, 0.5) is 0 Å². The SMILES string of the molecule is CC.CC(C)CC(NC(=O)CN)C(=O)NCC(=O)C(=O)NC1CC1.CCC.CCC. The summed E-state index contributed by atoms with van der Waals surface area (Å²) in [5.74, 6) is -2.16. The van der Waals surface area contributed by atoms with Crippen LogP contribution in [0.1, 0.15) is 87.5 Å². The van der Waals surface area contributed by atoms with Gasteiger partial charge in [0.05, 0.1) is 13.1 Å². The molecule has 0 radical (unpaired) electrons. The fourth-order valence-electron chi connectivity index (χ4n) is 1.82. The van der Waals surface area contributed by atoms with E-state index in [0.717, 1.165) is 12.8 Å². The van der Waals surface area contributed by atoms with Gasteiger partial charge in [-0.1, -0.05) is 68.2 Å². The number of Topliss-reactive ketones (excluding diaryl/α,β-unsaturated/α-hetero) is 1. The van der Waals surface area contributed by atoms with Gasteiger partial charge in [-0.3, -0.25) is 19.2 Å². The van der Waals surface area contributed by atoms with Gasteiger partial charge in [-0.2, -0.15) is 0 Å². The smallest absolute Gasteiger partial charge is 0.289 e. The Morgan fingerprint density at radius 2 is 1.43 bits per heavy atom. The van der Waals surface area contributed by atoms with Gasteiger partial charge in [0.2, 0.25) is 17.6 Å². The van der Waals surface area contributed by atoms with Gasteiger partial charge in [0, 0.05) is 6.04 Å². The first-order valence-corrected chi connectivity index (χ1v) is 11.3. The highest BCUT2D eigenvalue weighted by atomic mass is 16.2. The second kappa shape index (κ2) is 21.7. The number of ketones is 1. The molecule has 1 fully saturated rings. The molecule has 8 nitrogen and oxygen atoms in total. The van der Waals surface area contributed by atoms with E-state index in [1.807, 2.05) is 27.7 Å². The summed E-state index contributed by atoms with van der Waals surface area (Å²) < 4.78 is 0. The first-order chi connectivity index (χ1) is 14.2. The molecular weight excluding hydrogens is 384 g/mol. The maximum absolute atomic E-state index is 12.0. The normalized spacial score (nSPS) is 12.5. The Balaban J connectivity index is -0.000000792. The zero-order valence-electron chi connectivity index (χ0n) is 20.4. The Kier molecular flexibility index (Phi) is 23.7. The van der Waals surface area contributed by atoms with Crippen LogP contribution in [0.5, 0.6) is 0 Å². The summed E-state index contributed by atoms with van der Waals surface area (Å²) in [6.45, 7) is 15.7. The number of rotatable bonds is 9. The molecule has 1 aliphatic carbocycles. The van der Waals surface area contributed by atoms with E-state index < -0.39 is 29.5 Å². The molecule has 0 bridgehead atoms. The summed E-state index contributed by atoms with van der Waals surface area (Å²) in [6, 6.07) is -0.681. The highest BCUT2D eigenvalue weighted by Crippen LogP contribution is 2.18. The molecule has 0 aliphatic heterocycles. The van der Waals surface area contributed by atoms with Crippen LogP contribution in [-0.4, -0.2) is 48.7 Å². The molecule has 178 valence electrons. The molecule has 0 aromatic carbocycles. The molecule has 1 aliphatic rings. The van der Waals surface area contributed by atoms with Crippen LogP contribution in [0.3, 0.4) is 0 Å². The summed E-state index contributed by atoms with van der Waals surface area (Å²) in [5, 5.41) is 7.45. The van der Waals surface area contributed by atoms with Gasteiger partial charge >= 0.3 is 0 Å². The third-order valence-electron chi connectivity index (χ3n) is 3.13. The molecule has 1 atom stereocenters. The van der Waals surface area contributed by atoms with Crippen molar-refractivity contribution in [3.63, 3.8) is 0 Å². The second-order valence-corrected chi connectivity index (χ2v) is 7.26. The zero-order chi connectivity index (χ0) is 24.1. The van der Waals surface area contributed by atoms with Crippen LogP contribution < -0.4 is 21.7 Å². The summed E-state index contributed by atoms with van der Waals surface area (Å²) in [4.78, 5) is 46.5. The molecule has 0 saturated heterocycles. The Morgan fingerprint density at radius 1 is 0.967 bits per heavy atom. The van der Waals surface area contributed by atoms with Crippen molar-refractivity contribution in [1.82, 2.24) is 16.0 Å². The number of nitrogens with two attached hydrogens (primary N) is 1. The highest BCUT2D eigenvalue weighted by Gasteiger charge is 2.27. The van der Waals surface area contributed by atoms with Crippen molar-refractivity contribution in [2.24, 2.45) is 11.7 Å². The quantitative estimate of drug-likeness (QED) is 0.417. The summed E-state index contributed by atoms with van der Waals surface area (Å²) in [7, 11) is 0. The number of carbonyl (C=O) groups excluding carboxylic acids is 4. The van der Waals surface area contributed by atoms with Crippen molar-refractivity contribution >= 4 is 23.5 Å². The third kappa shape index (κ3) is 20.8. The molecule has 0 heterocycles. The van der Waals surface area contributed by atoms with E-state index in [1.165, 1.54) is 12.8 Å². The summed E-state index contributed by atoms with van der Waals surface area (Å²) in [5.41, 5.74) is 5.21. The molecule has 5 N–H and O–H groups in total. The first kappa shape index (κ1) is 32.7. The van der Waals surface area contributed by atoms with Crippen LogP contribution >= 0.6 is 0 Å². The molecule has 0 aromatic heterocycles. The van der Waals surface area contributed by atoms with E-state index in [-0.39, 0.29) is 25.0 Å². The molecule has 1 unspecified atom stereocenters. The third-order valence-corrected chi connectivity index (χ3v) is 3.13. The average Bonchev–Trinajstić information content (AvgIpc) is 3.51. The van der Waals surface area contributed by atoms with Crippen molar-refractivity contribution in [2.45, 2.75) is 99.6 Å². The number of nitrogens with one attached hydrogen (secondary N) is 3. The molecule has 0 spiro atoms. The monoisotopic (exact) mass is 430 g/mol. The zero-order valence-corrected chi connectivity index (χ0v) is 20.4. The number of hydrogen-bond donors (Lipinski definition) is 4. The molecule has 8 heteroatoms. The molecule has 3 amide bonds. The minimum Gasteiger partial charge on any atom is -0.347 e. The van der Waals surface area contributed by atoms with Crippen LogP contribution in [0.15, 0.2) is 0 Å². The molecule has 30 heavy (non-hydrogen) atoms. The maximum Gasteiger partial charge on any atom is 0.289 e. The summed E-state index contributed by atoms with van der Waals surface area (Å²) in [6.07, 6.45) is 4.68. The van der Waals surface area contributed by atoms with Gasteiger partial charge < -0.3 is 21.7 Å². The molecule has 1 saturated carbocycles. The Morgan fingerprint density at radius 3 is 1.80 bits per heavy atom. The van der Waals surface area contributed by atoms with Gasteiger partial charge in [0.1, 0.15) is 6.04 Å². The van der Waals surface area contributed by atoms with Gasteiger partial charge in [0.15, 0.2) is 0 Å². The van der Waals surface area contributed by atoms with E-state index >= 15 is 0 Å². The lowest BCUT2D eigenvalue weighted by Crippen LogP contribution is -2.51. The van der Waals surface area contributed by atoms with Crippen molar-refractivity contribution < 1.29 is 19.2 Å².